The van der Waals surface area contributed by atoms with Crippen molar-refractivity contribution in [1.82, 2.24) is 4.31 Å². The number of amides is 1. The molecule has 0 atom stereocenters. The van der Waals surface area contributed by atoms with Crippen LogP contribution in [0.3, 0.4) is 0 Å². The standard InChI is InChI=1S/C22H28N2O3S/c1-17-7-6-8-18(2)22(17)23-21(25)14-11-19-9-12-20(13-10-19)28(26,27)24-15-4-3-5-16-24/h6-10,12-13H,3-5,11,14-16H2,1-2H3,(H,23,25). The molecule has 0 radical (unpaired) electrons. The normalized spacial score (nSPS) is 15.4. The zero-order valence-corrected chi connectivity index (χ0v) is 17.4. The molecule has 150 valence electrons. The van der Waals surface area contributed by atoms with Gasteiger partial charge in [0.2, 0.25) is 15.9 Å². The van der Waals surface area contributed by atoms with Crippen LogP contribution in [0.25, 0.3) is 0 Å². The minimum absolute atomic E-state index is 0.0394. The van der Waals surface area contributed by atoms with E-state index in [-0.39, 0.29) is 5.91 Å². The summed E-state index contributed by atoms with van der Waals surface area (Å²) in [6.45, 7) is 5.15. The summed E-state index contributed by atoms with van der Waals surface area (Å²) in [7, 11) is -3.41. The molecule has 1 fully saturated rings. The highest BCUT2D eigenvalue weighted by molar-refractivity contribution is 7.89. The van der Waals surface area contributed by atoms with E-state index in [1.54, 1.807) is 16.4 Å². The molecule has 0 aromatic heterocycles. The maximum Gasteiger partial charge on any atom is 0.243 e. The summed E-state index contributed by atoms with van der Waals surface area (Å²) >= 11 is 0. The molecule has 1 saturated heterocycles. The third kappa shape index (κ3) is 4.80. The number of hydrogen-bond donors (Lipinski definition) is 1. The van der Waals surface area contributed by atoms with Crippen LogP contribution in [0, 0.1) is 13.8 Å². The maximum atomic E-state index is 12.7. The number of anilines is 1. The summed E-state index contributed by atoms with van der Waals surface area (Å²) in [5.41, 5.74) is 3.91. The molecule has 2 aromatic rings. The molecular weight excluding hydrogens is 372 g/mol. The van der Waals surface area contributed by atoms with Crippen molar-refractivity contribution in [3.63, 3.8) is 0 Å². The van der Waals surface area contributed by atoms with Crippen molar-refractivity contribution in [3.8, 4) is 0 Å². The third-order valence-corrected chi connectivity index (χ3v) is 7.18. The Labute approximate surface area is 167 Å². The van der Waals surface area contributed by atoms with Crippen LogP contribution < -0.4 is 5.32 Å². The summed E-state index contributed by atoms with van der Waals surface area (Å²) in [5.74, 6) is -0.0394. The highest BCUT2D eigenvalue weighted by Gasteiger charge is 2.25. The fraction of sp³-hybridized carbons (Fsp3) is 0.409. The number of benzene rings is 2. The number of nitrogens with one attached hydrogen (secondary N) is 1. The Bertz CT molecular complexity index is 911. The van der Waals surface area contributed by atoms with E-state index in [9.17, 15) is 13.2 Å². The van der Waals surface area contributed by atoms with Crippen molar-refractivity contribution >= 4 is 21.6 Å². The fourth-order valence-corrected chi connectivity index (χ4v) is 5.07. The summed E-state index contributed by atoms with van der Waals surface area (Å²) in [6.07, 6.45) is 3.86. The SMILES string of the molecule is Cc1cccc(C)c1NC(=O)CCc1ccc(S(=O)(=O)N2CCCCC2)cc1. The van der Waals surface area contributed by atoms with Crippen LogP contribution >= 0.6 is 0 Å². The van der Waals surface area contributed by atoms with Crippen LogP contribution in [0.5, 0.6) is 0 Å². The number of aryl methyl sites for hydroxylation is 3. The van der Waals surface area contributed by atoms with Crippen LogP contribution in [0.15, 0.2) is 47.4 Å². The second-order valence-corrected chi connectivity index (χ2v) is 9.36. The largest absolute Gasteiger partial charge is 0.326 e. The van der Waals surface area contributed by atoms with Crippen LogP contribution in [0.2, 0.25) is 0 Å². The fourth-order valence-electron chi connectivity index (χ4n) is 3.55. The second-order valence-electron chi connectivity index (χ2n) is 7.42. The molecule has 0 aliphatic carbocycles. The Morgan fingerprint density at radius 2 is 1.57 bits per heavy atom. The molecule has 6 heteroatoms. The topological polar surface area (TPSA) is 66.5 Å². The van der Waals surface area contributed by atoms with E-state index in [1.807, 2.05) is 44.2 Å². The van der Waals surface area contributed by atoms with Crippen LogP contribution in [-0.4, -0.2) is 31.7 Å². The smallest absolute Gasteiger partial charge is 0.243 e. The van der Waals surface area contributed by atoms with Gasteiger partial charge in [-0.15, -0.1) is 0 Å². The molecule has 1 heterocycles. The van der Waals surface area contributed by atoms with Crippen molar-refractivity contribution in [2.24, 2.45) is 0 Å². The Morgan fingerprint density at radius 3 is 2.18 bits per heavy atom. The molecule has 1 amide bonds. The molecular formula is C22H28N2O3S. The average molecular weight is 401 g/mol. The van der Waals surface area contributed by atoms with Gasteiger partial charge in [0, 0.05) is 25.2 Å². The monoisotopic (exact) mass is 400 g/mol. The number of hydrogen-bond acceptors (Lipinski definition) is 3. The lowest BCUT2D eigenvalue weighted by molar-refractivity contribution is -0.116. The molecule has 0 spiro atoms. The molecule has 0 bridgehead atoms. The number of sulfonamides is 1. The van der Waals surface area contributed by atoms with Gasteiger partial charge in [0.05, 0.1) is 4.90 Å². The number of piperidine rings is 1. The molecule has 1 aliphatic rings. The predicted molar refractivity (Wildman–Crippen MR) is 112 cm³/mol. The van der Waals surface area contributed by atoms with E-state index in [1.165, 1.54) is 0 Å². The average Bonchev–Trinajstić information content (AvgIpc) is 2.70. The maximum absolute atomic E-state index is 12.7. The molecule has 5 nitrogen and oxygen atoms in total. The minimum Gasteiger partial charge on any atom is -0.326 e. The Kier molecular flexibility index (Phi) is 6.52. The Morgan fingerprint density at radius 1 is 0.964 bits per heavy atom. The highest BCUT2D eigenvalue weighted by atomic mass is 32.2. The second kappa shape index (κ2) is 8.88. The molecule has 28 heavy (non-hydrogen) atoms. The van der Waals surface area contributed by atoms with Gasteiger partial charge >= 0.3 is 0 Å². The summed E-state index contributed by atoms with van der Waals surface area (Å²) in [5, 5.41) is 2.99. The summed E-state index contributed by atoms with van der Waals surface area (Å²) in [6, 6.07) is 12.9. The number of rotatable bonds is 6. The van der Waals surface area contributed by atoms with Crippen LogP contribution in [0.1, 0.15) is 42.4 Å². The van der Waals surface area contributed by atoms with Crippen LogP contribution in [-0.2, 0) is 21.2 Å². The lowest BCUT2D eigenvalue weighted by Gasteiger charge is -2.25. The van der Waals surface area contributed by atoms with Gasteiger partial charge in [-0.3, -0.25) is 4.79 Å². The van der Waals surface area contributed by atoms with E-state index in [0.717, 1.165) is 41.6 Å². The summed E-state index contributed by atoms with van der Waals surface area (Å²) in [4.78, 5) is 12.6. The number of carbonyl (C=O) groups excluding carboxylic acids is 1. The molecule has 1 aliphatic heterocycles. The third-order valence-electron chi connectivity index (χ3n) is 5.26. The first-order chi connectivity index (χ1) is 13.4. The van der Waals surface area contributed by atoms with Gasteiger partial charge < -0.3 is 5.32 Å². The molecule has 2 aromatic carbocycles. The number of carbonyl (C=O) groups is 1. The molecule has 1 N–H and O–H groups in total. The zero-order chi connectivity index (χ0) is 20.1. The molecule has 3 rings (SSSR count). The van der Waals surface area contributed by atoms with E-state index in [0.29, 0.717) is 30.8 Å². The zero-order valence-electron chi connectivity index (χ0n) is 16.6. The van der Waals surface area contributed by atoms with Crippen molar-refractivity contribution in [2.75, 3.05) is 18.4 Å². The van der Waals surface area contributed by atoms with Gasteiger partial charge in [0.1, 0.15) is 0 Å². The van der Waals surface area contributed by atoms with Gasteiger partial charge in [-0.2, -0.15) is 4.31 Å². The molecule has 0 saturated carbocycles. The van der Waals surface area contributed by atoms with Gasteiger partial charge in [-0.25, -0.2) is 8.42 Å². The first kappa shape index (κ1) is 20.6. The van der Waals surface area contributed by atoms with Gasteiger partial charge in [0.25, 0.3) is 0 Å². The van der Waals surface area contributed by atoms with E-state index >= 15 is 0 Å². The van der Waals surface area contributed by atoms with Gasteiger partial charge in [-0.05, 0) is 61.9 Å². The summed E-state index contributed by atoms with van der Waals surface area (Å²) < 4.78 is 27.0. The van der Waals surface area contributed by atoms with Crippen molar-refractivity contribution in [2.45, 2.75) is 50.8 Å². The first-order valence-corrected chi connectivity index (χ1v) is 11.3. The van der Waals surface area contributed by atoms with E-state index < -0.39 is 10.0 Å². The van der Waals surface area contributed by atoms with Crippen LogP contribution in [0.4, 0.5) is 5.69 Å². The van der Waals surface area contributed by atoms with Gasteiger partial charge in [-0.1, -0.05) is 36.8 Å². The number of para-hydroxylation sites is 1. The first-order valence-electron chi connectivity index (χ1n) is 9.83. The minimum atomic E-state index is -3.41. The lowest BCUT2D eigenvalue weighted by atomic mass is 10.1. The lowest BCUT2D eigenvalue weighted by Crippen LogP contribution is -2.35. The quantitative estimate of drug-likeness (QED) is 0.795. The Hall–Kier alpha value is -2.18. The predicted octanol–water partition coefficient (Wildman–Crippen LogP) is 4.05. The van der Waals surface area contributed by atoms with E-state index in [4.69, 9.17) is 0 Å². The van der Waals surface area contributed by atoms with Crippen molar-refractivity contribution in [1.29, 1.82) is 0 Å². The van der Waals surface area contributed by atoms with Gasteiger partial charge in [0.15, 0.2) is 0 Å². The number of nitrogens with zero attached hydrogens (tertiary/aromatic N) is 1. The Balaban J connectivity index is 1.59. The highest BCUT2D eigenvalue weighted by Crippen LogP contribution is 2.22. The molecule has 0 unspecified atom stereocenters. The van der Waals surface area contributed by atoms with E-state index in [2.05, 4.69) is 5.32 Å². The van der Waals surface area contributed by atoms with Crippen molar-refractivity contribution < 1.29 is 13.2 Å². The van der Waals surface area contributed by atoms with Crippen molar-refractivity contribution in [3.05, 3.63) is 59.2 Å².